The normalized spacial score (nSPS) is 24.4. The average Bonchev–Trinajstić information content (AvgIpc) is 2.81. The van der Waals surface area contributed by atoms with Crippen LogP contribution in [0.1, 0.15) is 32.0 Å². The molecule has 2 heterocycles. The maximum atomic E-state index is 12.9. The molecule has 21 heavy (non-hydrogen) atoms. The topological polar surface area (TPSA) is 78.1 Å². The fraction of sp³-hybridized carbons (Fsp3) is 0.769. The molecule has 1 aromatic rings. The highest BCUT2D eigenvalue weighted by Crippen LogP contribution is 2.30. The lowest BCUT2D eigenvalue weighted by Gasteiger charge is -2.36. The van der Waals surface area contributed by atoms with Crippen LogP contribution in [0.5, 0.6) is 0 Å². The quantitative estimate of drug-likeness (QED) is 0.851. The largest absolute Gasteiger partial charge is 0.313 e. The van der Waals surface area contributed by atoms with Crippen molar-refractivity contribution in [1.29, 1.82) is 0 Å². The van der Waals surface area contributed by atoms with Crippen molar-refractivity contribution in [2.45, 2.75) is 50.6 Å². The van der Waals surface area contributed by atoms with Crippen LogP contribution in [0.25, 0.3) is 0 Å². The van der Waals surface area contributed by atoms with E-state index in [9.17, 15) is 8.42 Å². The molecule has 0 aliphatic carbocycles. The molecule has 2 rings (SSSR count). The highest BCUT2D eigenvalue weighted by atomic mass is 32.2. The van der Waals surface area contributed by atoms with Crippen molar-refractivity contribution in [3.8, 4) is 0 Å². The lowest BCUT2D eigenvalue weighted by atomic mass is 10.2. The van der Waals surface area contributed by atoms with Crippen LogP contribution in [0.2, 0.25) is 0 Å². The summed E-state index contributed by atoms with van der Waals surface area (Å²) >= 11 is 1.82. The average molecular weight is 332 g/mol. The van der Waals surface area contributed by atoms with Gasteiger partial charge in [0.2, 0.25) is 0 Å². The number of sulfonamides is 1. The summed E-state index contributed by atoms with van der Waals surface area (Å²) in [4.78, 5) is 0. The van der Waals surface area contributed by atoms with E-state index in [0.29, 0.717) is 18.3 Å². The van der Waals surface area contributed by atoms with Crippen molar-refractivity contribution in [1.82, 2.24) is 19.8 Å². The van der Waals surface area contributed by atoms with E-state index < -0.39 is 10.0 Å². The molecule has 0 aromatic carbocycles. The zero-order chi connectivity index (χ0) is 15.6. The molecule has 0 bridgehead atoms. The van der Waals surface area contributed by atoms with Crippen molar-refractivity contribution < 1.29 is 8.42 Å². The van der Waals surface area contributed by atoms with E-state index in [4.69, 9.17) is 0 Å². The first-order valence-electron chi connectivity index (χ1n) is 7.27. The molecule has 8 heteroatoms. The summed E-state index contributed by atoms with van der Waals surface area (Å²) in [5.41, 5.74) is 1.55. The molecule has 1 aliphatic rings. The fourth-order valence-corrected chi connectivity index (χ4v) is 5.62. The van der Waals surface area contributed by atoms with Gasteiger partial charge in [0, 0.05) is 41.4 Å². The summed E-state index contributed by atoms with van der Waals surface area (Å²) in [5, 5.41) is 10.5. The van der Waals surface area contributed by atoms with Gasteiger partial charge in [-0.3, -0.25) is 5.10 Å². The minimum Gasteiger partial charge on any atom is -0.313 e. The third-order valence-electron chi connectivity index (χ3n) is 3.97. The lowest BCUT2D eigenvalue weighted by Crippen LogP contribution is -2.48. The number of aryl methyl sites for hydroxylation is 1. The Morgan fingerprint density at radius 1 is 1.48 bits per heavy atom. The van der Waals surface area contributed by atoms with Crippen molar-refractivity contribution in [3.05, 3.63) is 11.3 Å². The SMILES string of the molecule is CCNCc1c(S(=O)(=O)N2CCSC(C)C2C)n[nH]c1C. The monoisotopic (exact) mass is 332 g/mol. The van der Waals surface area contributed by atoms with Gasteiger partial charge in [0.1, 0.15) is 0 Å². The Kier molecular flexibility index (Phi) is 5.34. The first-order valence-corrected chi connectivity index (χ1v) is 9.76. The Labute approximate surface area is 131 Å². The second-order valence-corrected chi connectivity index (χ2v) is 8.64. The van der Waals surface area contributed by atoms with Crippen molar-refractivity contribution >= 4 is 21.8 Å². The van der Waals surface area contributed by atoms with Gasteiger partial charge in [-0.25, -0.2) is 8.42 Å². The third-order valence-corrected chi connectivity index (χ3v) is 7.26. The molecule has 2 atom stereocenters. The second kappa shape index (κ2) is 6.68. The Bertz CT molecular complexity index is 585. The minimum atomic E-state index is -3.55. The van der Waals surface area contributed by atoms with Crippen molar-refractivity contribution in [2.24, 2.45) is 0 Å². The number of nitrogens with one attached hydrogen (secondary N) is 2. The number of hydrogen-bond acceptors (Lipinski definition) is 5. The van der Waals surface area contributed by atoms with Gasteiger partial charge in [-0.05, 0) is 20.4 Å². The highest BCUT2D eigenvalue weighted by Gasteiger charge is 2.37. The maximum absolute atomic E-state index is 12.9. The molecule has 6 nitrogen and oxygen atoms in total. The Hall–Kier alpha value is -0.570. The molecule has 0 saturated carbocycles. The van der Waals surface area contributed by atoms with Gasteiger partial charge in [0.15, 0.2) is 5.03 Å². The molecule has 0 spiro atoms. The van der Waals surface area contributed by atoms with E-state index in [1.54, 1.807) is 4.31 Å². The molecule has 120 valence electrons. The van der Waals surface area contributed by atoms with Crippen LogP contribution in [-0.2, 0) is 16.6 Å². The molecule has 0 radical (unpaired) electrons. The first kappa shape index (κ1) is 16.8. The van der Waals surface area contributed by atoms with E-state index in [-0.39, 0.29) is 11.1 Å². The smallest absolute Gasteiger partial charge is 0.263 e. The molecule has 2 N–H and O–H groups in total. The summed E-state index contributed by atoms with van der Waals surface area (Å²) in [7, 11) is -3.55. The number of thioether (sulfide) groups is 1. The standard InChI is InChI=1S/C13H24N4O2S2/c1-5-14-8-12-9(2)15-16-13(12)21(18,19)17-6-7-20-11(4)10(17)3/h10-11,14H,5-8H2,1-4H3,(H,15,16). The first-order chi connectivity index (χ1) is 9.89. The number of aromatic amines is 1. The highest BCUT2D eigenvalue weighted by molar-refractivity contribution is 8.00. The van der Waals surface area contributed by atoms with Crippen LogP contribution in [0.3, 0.4) is 0 Å². The van der Waals surface area contributed by atoms with Gasteiger partial charge >= 0.3 is 0 Å². The molecule has 1 aliphatic heterocycles. The van der Waals surface area contributed by atoms with Crippen LogP contribution >= 0.6 is 11.8 Å². The van der Waals surface area contributed by atoms with E-state index in [2.05, 4.69) is 22.4 Å². The van der Waals surface area contributed by atoms with E-state index in [1.165, 1.54) is 0 Å². The summed E-state index contributed by atoms with van der Waals surface area (Å²) < 4.78 is 27.5. The molecular formula is C13H24N4O2S2. The molecule has 0 amide bonds. The summed E-state index contributed by atoms with van der Waals surface area (Å²) in [6, 6.07) is -0.0160. The Balaban J connectivity index is 2.35. The number of nitrogens with zero attached hydrogens (tertiary/aromatic N) is 2. The van der Waals surface area contributed by atoms with Gasteiger partial charge in [-0.1, -0.05) is 13.8 Å². The van der Waals surface area contributed by atoms with Gasteiger partial charge in [-0.2, -0.15) is 21.2 Å². The minimum absolute atomic E-state index is 0.0160. The van der Waals surface area contributed by atoms with Crippen LogP contribution in [0.15, 0.2) is 5.03 Å². The number of hydrogen-bond donors (Lipinski definition) is 2. The molecule has 1 saturated heterocycles. The second-order valence-electron chi connectivity index (χ2n) is 5.34. The predicted octanol–water partition coefficient (Wildman–Crippen LogP) is 1.34. The molecule has 1 fully saturated rings. The number of aromatic nitrogens is 2. The van der Waals surface area contributed by atoms with Gasteiger partial charge in [0.25, 0.3) is 10.0 Å². The van der Waals surface area contributed by atoms with E-state index in [0.717, 1.165) is 23.6 Å². The Morgan fingerprint density at radius 2 is 2.19 bits per heavy atom. The van der Waals surface area contributed by atoms with E-state index in [1.807, 2.05) is 32.5 Å². The van der Waals surface area contributed by atoms with Crippen LogP contribution in [-0.4, -0.2) is 53.1 Å². The van der Waals surface area contributed by atoms with Crippen LogP contribution < -0.4 is 5.32 Å². The van der Waals surface area contributed by atoms with E-state index >= 15 is 0 Å². The summed E-state index contributed by atoms with van der Waals surface area (Å²) in [6.07, 6.45) is 0. The van der Waals surface area contributed by atoms with Crippen molar-refractivity contribution in [2.75, 3.05) is 18.8 Å². The summed E-state index contributed by atoms with van der Waals surface area (Å²) in [5.74, 6) is 0.830. The third kappa shape index (κ3) is 3.28. The molecule has 1 aromatic heterocycles. The predicted molar refractivity (Wildman–Crippen MR) is 86.0 cm³/mol. The molecule has 2 unspecified atom stereocenters. The van der Waals surface area contributed by atoms with Gasteiger partial charge < -0.3 is 5.32 Å². The lowest BCUT2D eigenvalue weighted by molar-refractivity contribution is 0.338. The van der Waals surface area contributed by atoms with Crippen LogP contribution in [0, 0.1) is 6.92 Å². The maximum Gasteiger partial charge on any atom is 0.263 e. The van der Waals surface area contributed by atoms with Gasteiger partial charge in [0.05, 0.1) is 0 Å². The zero-order valence-corrected chi connectivity index (χ0v) is 14.6. The fourth-order valence-electron chi connectivity index (χ4n) is 2.46. The summed E-state index contributed by atoms with van der Waals surface area (Å²) in [6.45, 7) is 9.75. The Morgan fingerprint density at radius 3 is 2.86 bits per heavy atom. The molecular weight excluding hydrogens is 308 g/mol. The van der Waals surface area contributed by atoms with Crippen molar-refractivity contribution in [3.63, 3.8) is 0 Å². The van der Waals surface area contributed by atoms with Gasteiger partial charge in [-0.15, -0.1) is 0 Å². The zero-order valence-electron chi connectivity index (χ0n) is 13.0. The van der Waals surface area contributed by atoms with Crippen LogP contribution in [0.4, 0.5) is 0 Å². The number of rotatable bonds is 5. The number of H-pyrrole nitrogens is 1.